The van der Waals surface area contributed by atoms with Crippen LogP contribution in [0.3, 0.4) is 0 Å². The summed E-state index contributed by atoms with van der Waals surface area (Å²) in [5.74, 6) is -3.87. The molecule has 1 unspecified atom stereocenters. The van der Waals surface area contributed by atoms with Crippen molar-refractivity contribution in [3.63, 3.8) is 0 Å². The second-order valence-electron chi connectivity index (χ2n) is 6.21. The summed E-state index contributed by atoms with van der Waals surface area (Å²) in [5, 5.41) is 9.32. The molecule has 0 bridgehead atoms. The lowest BCUT2D eigenvalue weighted by molar-refractivity contribution is -0.137. The normalized spacial score (nSPS) is 17.7. The summed E-state index contributed by atoms with van der Waals surface area (Å²) >= 11 is 0. The van der Waals surface area contributed by atoms with Crippen molar-refractivity contribution < 1.29 is 13.6 Å². The molecule has 9 heteroatoms. The van der Waals surface area contributed by atoms with Crippen LogP contribution in [0.4, 0.5) is 14.6 Å². The second-order valence-corrected chi connectivity index (χ2v) is 6.21. The van der Waals surface area contributed by atoms with Crippen LogP contribution in [0, 0.1) is 17.2 Å². The molecule has 0 spiro atoms. The van der Waals surface area contributed by atoms with Crippen LogP contribution in [0.1, 0.15) is 12.8 Å². The van der Waals surface area contributed by atoms with Gasteiger partial charge in [0.25, 0.3) is 5.92 Å². The van der Waals surface area contributed by atoms with Crippen molar-refractivity contribution in [2.75, 3.05) is 31.6 Å². The quantitative estimate of drug-likeness (QED) is 0.890. The highest BCUT2D eigenvalue weighted by atomic mass is 19.3. The van der Waals surface area contributed by atoms with E-state index in [4.69, 9.17) is 5.26 Å². The van der Waals surface area contributed by atoms with E-state index in [0.717, 1.165) is 10.3 Å². The maximum Gasteiger partial charge on any atom is 0.269 e. The number of nitrogens with zero attached hydrogens (tertiary/aromatic N) is 5. The van der Waals surface area contributed by atoms with E-state index in [1.54, 1.807) is 12.3 Å². The zero-order valence-electron chi connectivity index (χ0n) is 13.7. The Bertz CT molecular complexity index is 814. The number of hydrogen-bond donors (Lipinski definition) is 1. The van der Waals surface area contributed by atoms with Gasteiger partial charge in [-0.2, -0.15) is 5.26 Å². The molecule has 1 amide bonds. The summed E-state index contributed by atoms with van der Waals surface area (Å²) in [5.41, 5.74) is 0.669. The molecular formula is C16H18F2N6O. The van der Waals surface area contributed by atoms with Crippen LogP contribution in [-0.2, 0) is 4.79 Å². The van der Waals surface area contributed by atoms with E-state index in [9.17, 15) is 13.6 Å². The number of nitriles is 1. The highest BCUT2D eigenvalue weighted by molar-refractivity contribution is 5.87. The Morgan fingerprint density at radius 1 is 1.56 bits per heavy atom. The van der Waals surface area contributed by atoms with Crippen LogP contribution >= 0.6 is 0 Å². The summed E-state index contributed by atoms with van der Waals surface area (Å²) in [7, 11) is 1.30. The molecule has 0 aromatic carbocycles. The molecule has 0 saturated carbocycles. The Morgan fingerprint density at radius 3 is 3.12 bits per heavy atom. The van der Waals surface area contributed by atoms with E-state index in [0.29, 0.717) is 24.4 Å². The summed E-state index contributed by atoms with van der Waals surface area (Å²) in [6, 6.07) is 3.51. The number of carbonyl (C=O) groups excluding carboxylic acids is 1. The largest absolute Gasteiger partial charge is 0.355 e. The fourth-order valence-electron chi connectivity index (χ4n) is 3.14. The van der Waals surface area contributed by atoms with E-state index in [1.807, 2.05) is 11.0 Å². The predicted octanol–water partition coefficient (Wildman–Crippen LogP) is 1.79. The number of halogens is 2. The first-order valence-electron chi connectivity index (χ1n) is 7.94. The Hall–Kier alpha value is -2.76. The van der Waals surface area contributed by atoms with Crippen molar-refractivity contribution in [2.24, 2.45) is 5.92 Å². The molecular weight excluding hydrogens is 330 g/mol. The van der Waals surface area contributed by atoms with Crippen LogP contribution in [0.25, 0.3) is 11.0 Å². The summed E-state index contributed by atoms with van der Waals surface area (Å²) in [6.07, 6.45) is 3.06. The highest BCUT2D eigenvalue weighted by Gasteiger charge is 2.45. The Balaban J connectivity index is 1.70. The topological polar surface area (TPSA) is 88.9 Å². The third kappa shape index (κ3) is 3.38. The number of carbonyl (C=O) groups is 1. The average Bonchev–Trinajstić information content (AvgIpc) is 3.23. The molecule has 1 saturated heterocycles. The smallest absolute Gasteiger partial charge is 0.269 e. The van der Waals surface area contributed by atoms with E-state index >= 15 is 0 Å². The number of anilines is 1. The zero-order chi connectivity index (χ0) is 18.0. The minimum absolute atomic E-state index is 0.157. The van der Waals surface area contributed by atoms with E-state index in [2.05, 4.69) is 15.0 Å². The molecule has 1 fully saturated rings. The fraction of sp³-hybridized carbons (Fsp3) is 0.500. The summed E-state index contributed by atoms with van der Waals surface area (Å²) in [4.78, 5) is 25.7. The van der Waals surface area contributed by atoms with Gasteiger partial charge in [0.15, 0.2) is 0 Å². The molecule has 1 aliphatic heterocycles. The first-order chi connectivity index (χ1) is 11.9. The van der Waals surface area contributed by atoms with Crippen LogP contribution in [0.15, 0.2) is 18.6 Å². The SMILES string of the molecule is CN(CC(F)(F)C1CCN(c2ncnc3[nH]ccc23)C1)C(=O)CC#N. The Labute approximate surface area is 143 Å². The van der Waals surface area contributed by atoms with Crippen LogP contribution in [0.2, 0.25) is 0 Å². The van der Waals surface area contributed by atoms with Gasteiger partial charge in [-0.1, -0.05) is 0 Å². The first-order valence-corrected chi connectivity index (χ1v) is 7.94. The van der Waals surface area contributed by atoms with Crippen molar-refractivity contribution >= 4 is 22.8 Å². The number of aromatic nitrogens is 3. The number of rotatable bonds is 5. The molecule has 0 aliphatic carbocycles. The molecule has 1 N–H and O–H groups in total. The van der Waals surface area contributed by atoms with Gasteiger partial charge < -0.3 is 14.8 Å². The molecule has 1 aliphatic rings. The number of amides is 1. The van der Waals surface area contributed by atoms with Gasteiger partial charge in [0, 0.05) is 32.3 Å². The van der Waals surface area contributed by atoms with Gasteiger partial charge in [0.05, 0.1) is 18.0 Å². The number of alkyl halides is 2. The van der Waals surface area contributed by atoms with Crippen molar-refractivity contribution in [3.8, 4) is 6.07 Å². The maximum atomic E-state index is 14.6. The number of H-pyrrole nitrogens is 1. The molecule has 132 valence electrons. The van der Waals surface area contributed by atoms with Gasteiger partial charge >= 0.3 is 0 Å². The molecule has 0 radical (unpaired) electrons. The Kier molecular flexibility index (Phi) is 4.53. The van der Waals surface area contributed by atoms with Gasteiger partial charge in [-0.15, -0.1) is 0 Å². The highest BCUT2D eigenvalue weighted by Crippen LogP contribution is 2.36. The number of fused-ring (bicyclic) bond motifs is 1. The lowest BCUT2D eigenvalue weighted by Crippen LogP contribution is -2.43. The molecule has 2 aromatic heterocycles. The molecule has 2 aromatic rings. The second kappa shape index (κ2) is 6.63. The predicted molar refractivity (Wildman–Crippen MR) is 87.0 cm³/mol. The average molecular weight is 348 g/mol. The van der Waals surface area contributed by atoms with Gasteiger partial charge in [0.1, 0.15) is 24.2 Å². The van der Waals surface area contributed by atoms with Crippen LogP contribution in [-0.4, -0.2) is 58.4 Å². The van der Waals surface area contributed by atoms with Crippen molar-refractivity contribution in [2.45, 2.75) is 18.8 Å². The number of nitrogens with one attached hydrogen (secondary N) is 1. The lowest BCUT2D eigenvalue weighted by atomic mass is 10.00. The minimum Gasteiger partial charge on any atom is -0.355 e. The number of hydrogen-bond acceptors (Lipinski definition) is 5. The molecule has 1 atom stereocenters. The monoisotopic (exact) mass is 348 g/mol. The van der Waals surface area contributed by atoms with Gasteiger partial charge in [-0.05, 0) is 12.5 Å². The van der Waals surface area contributed by atoms with Crippen LogP contribution < -0.4 is 4.90 Å². The zero-order valence-corrected chi connectivity index (χ0v) is 13.7. The van der Waals surface area contributed by atoms with Gasteiger partial charge in [0.2, 0.25) is 5.91 Å². The number of aromatic amines is 1. The van der Waals surface area contributed by atoms with Crippen LogP contribution in [0.5, 0.6) is 0 Å². The third-order valence-corrected chi connectivity index (χ3v) is 4.52. The summed E-state index contributed by atoms with van der Waals surface area (Å²) in [6.45, 7) is -0.0622. The molecule has 3 rings (SSSR count). The van der Waals surface area contributed by atoms with Gasteiger partial charge in [-0.25, -0.2) is 18.7 Å². The van der Waals surface area contributed by atoms with E-state index in [-0.39, 0.29) is 6.54 Å². The standard InChI is InChI=1S/C16H18F2N6O/c1-23(13(25)2-5-19)9-16(17,18)11-4-7-24(8-11)15-12-3-6-20-14(12)21-10-22-15/h3,6,10-11H,2,4,7-9H2,1H3,(H,20,21,22). The van der Waals surface area contributed by atoms with Crippen molar-refractivity contribution in [3.05, 3.63) is 18.6 Å². The Morgan fingerprint density at radius 2 is 2.36 bits per heavy atom. The maximum absolute atomic E-state index is 14.6. The minimum atomic E-state index is -3.03. The van der Waals surface area contributed by atoms with E-state index < -0.39 is 30.7 Å². The molecule has 7 nitrogen and oxygen atoms in total. The fourth-order valence-corrected chi connectivity index (χ4v) is 3.14. The lowest BCUT2D eigenvalue weighted by Gasteiger charge is -2.28. The first kappa shape index (κ1) is 17.1. The molecule has 3 heterocycles. The van der Waals surface area contributed by atoms with Gasteiger partial charge in [-0.3, -0.25) is 4.79 Å². The van der Waals surface area contributed by atoms with Crippen molar-refractivity contribution in [1.29, 1.82) is 5.26 Å². The third-order valence-electron chi connectivity index (χ3n) is 4.52. The molecule has 25 heavy (non-hydrogen) atoms. The summed E-state index contributed by atoms with van der Waals surface area (Å²) < 4.78 is 29.2. The van der Waals surface area contributed by atoms with Crippen molar-refractivity contribution in [1.82, 2.24) is 19.9 Å². The van der Waals surface area contributed by atoms with E-state index in [1.165, 1.54) is 13.4 Å².